The quantitative estimate of drug-likeness (QED) is 0.819. The summed E-state index contributed by atoms with van der Waals surface area (Å²) in [6.45, 7) is 0. The molecular formula is C12H10ClN3O. The Kier molecular flexibility index (Phi) is 3.03. The van der Waals surface area contributed by atoms with Gasteiger partial charge in [0.05, 0.1) is 0 Å². The molecule has 17 heavy (non-hydrogen) atoms. The van der Waals surface area contributed by atoms with Gasteiger partial charge in [0.15, 0.2) is 0 Å². The van der Waals surface area contributed by atoms with Gasteiger partial charge in [-0.1, -0.05) is 17.7 Å². The summed E-state index contributed by atoms with van der Waals surface area (Å²) in [5.74, 6) is 0.843. The molecule has 0 saturated heterocycles. The van der Waals surface area contributed by atoms with Crippen LogP contribution in [-0.2, 0) is 0 Å². The number of rotatable bonds is 2. The fourth-order valence-corrected chi connectivity index (χ4v) is 1.62. The highest BCUT2D eigenvalue weighted by atomic mass is 35.5. The lowest BCUT2D eigenvalue weighted by Crippen LogP contribution is -2.08. The van der Waals surface area contributed by atoms with Crippen LogP contribution in [0.15, 0.2) is 28.7 Å². The fourth-order valence-electron chi connectivity index (χ4n) is 1.43. The van der Waals surface area contributed by atoms with E-state index in [4.69, 9.17) is 21.3 Å². The first kappa shape index (κ1) is 11.5. The van der Waals surface area contributed by atoms with Crippen molar-refractivity contribution in [1.29, 1.82) is 5.26 Å². The van der Waals surface area contributed by atoms with Crippen LogP contribution < -0.4 is 4.90 Å². The number of benzene rings is 1. The normalized spacial score (nSPS) is 10.0. The molecule has 0 bridgehead atoms. The van der Waals surface area contributed by atoms with Gasteiger partial charge in [-0.2, -0.15) is 10.2 Å². The van der Waals surface area contributed by atoms with Gasteiger partial charge in [-0.25, -0.2) is 0 Å². The van der Waals surface area contributed by atoms with E-state index in [1.165, 1.54) is 0 Å². The second kappa shape index (κ2) is 4.48. The van der Waals surface area contributed by atoms with Crippen LogP contribution in [0.5, 0.6) is 0 Å². The lowest BCUT2D eigenvalue weighted by atomic mass is 10.2. The van der Waals surface area contributed by atoms with Crippen molar-refractivity contribution in [2.24, 2.45) is 0 Å². The standard InChI is InChI=1S/C12H10ClN3O/c1-16(2)12-10(7-14)15-11(17-12)8-4-3-5-9(13)6-8/h3-6H,1-2H3. The van der Waals surface area contributed by atoms with Crippen LogP contribution in [0.3, 0.4) is 0 Å². The molecule has 0 fully saturated rings. The van der Waals surface area contributed by atoms with E-state index < -0.39 is 0 Å². The maximum absolute atomic E-state index is 8.96. The summed E-state index contributed by atoms with van der Waals surface area (Å²) in [5, 5.41) is 9.56. The molecular weight excluding hydrogens is 238 g/mol. The fraction of sp³-hybridized carbons (Fsp3) is 0.167. The first-order valence-corrected chi connectivity index (χ1v) is 5.34. The van der Waals surface area contributed by atoms with E-state index >= 15 is 0 Å². The Morgan fingerprint density at radius 1 is 1.41 bits per heavy atom. The van der Waals surface area contributed by atoms with Crippen LogP contribution in [0, 0.1) is 11.3 Å². The first-order chi connectivity index (χ1) is 8.11. The number of hydrogen-bond donors (Lipinski definition) is 0. The smallest absolute Gasteiger partial charge is 0.234 e. The van der Waals surface area contributed by atoms with Crippen LogP contribution in [0.1, 0.15) is 5.69 Å². The molecule has 0 amide bonds. The third kappa shape index (κ3) is 2.24. The highest BCUT2D eigenvalue weighted by Crippen LogP contribution is 2.28. The summed E-state index contributed by atoms with van der Waals surface area (Å²) in [5.41, 5.74) is 1.02. The molecule has 1 heterocycles. The Hall–Kier alpha value is -1.99. The molecule has 4 nitrogen and oxygen atoms in total. The van der Waals surface area contributed by atoms with E-state index in [0.717, 1.165) is 5.56 Å². The third-order valence-corrected chi connectivity index (χ3v) is 2.43. The van der Waals surface area contributed by atoms with Crippen molar-refractivity contribution >= 4 is 17.5 Å². The van der Waals surface area contributed by atoms with Gasteiger partial charge in [0.25, 0.3) is 0 Å². The molecule has 0 unspecified atom stereocenters. The van der Waals surface area contributed by atoms with Gasteiger partial charge in [0.2, 0.25) is 17.5 Å². The van der Waals surface area contributed by atoms with Gasteiger partial charge in [-0.05, 0) is 18.2 Å². The van der Waals surface area contributed by atoms with Crippen molar-refractivity contribution in [3.8, 4) is 17.5 Å². The van der Waals surface area contributed by atoms with Crippen LogP contribution >= 0.6 is 11.6 Å². The molecule has 1 aromatic heterocycles. The average Bonchev–Trinajstić information content (AvgIpc) is 2.73. The van der Waals surface area contributed by atoms with Crippen molar-refractivity contribution in [3.63, 3.8) is 0 Å². The molecule has 0 aliphatic rings. The molecule has 0 radical (unpaired) electrons. The maximum atomic E-state index is 8.96. The summed E-state index contributed by atoms with van der Waals surface area (Å²) in [6, 6.07) is 9.16. The Morgan fingerprint density at radius 2 is 2.18 bits per heavy atom. The molecule has 2 aromatic rings. The van der Waals surface area contributed by atoms with Crippen molar-refractivity contribution in [1.82, 2.24) is 4.98 Å². The van der Waals surface area contributed by atoms with Gasteiger partial charge < -0.3 is 9.32 Å². The Balaban J connectivity index is 2.51. The number of aromatic nitrogens is 1. The number of hydrogen-bond acceptors (Lipinski definition) is 4. The van der Waals surface area contributed by atoms with Crippen LogP contribution in [0.2, 0.25) is 5.02 Å². The van der Waals surface area contributed by atoms with E-state index in [2.05, 4.69) is 4.98 Å². The summed E-state index contributed by atoms with van der Waals surface area (Å²) in [6.07, 6.45) is 0. The SMILES string of the molecule is CN(C)c1oc(-c2cccc(Cl)c2)nc1C#N. The third-order valence-electron chi connectivity index (χ3n) is 2.19. The minimum atomic E-state index is 0.268. The van der Waals surface area contributed by atoms with E-state index in [-0.39, 0.29) is 5.69 Å². The minimum absolute atomic E-state index is 0.268. The van der Waals surface area contributed by atoms with Gasteiger partial charge in [0, 0.05) is 24.7 Å². The Bertz CT molecular complexity index is 584. The Labute approximate surface area is 104 Å². The van der Waals surface area contributed by atoms with Crippen molar-refractivity contribution < 1.29 is 4.42 Å². The second-order valence-corrected chi connectivity index (χ2v) is 4.13. The van der Waals surface area contributed by atoms with Crippen LogP contribution in [0.4, 0.5) is 5.88 Å². The topological polar surface area (TPSA) is 53.1 Å². The molecule has 0 aliphatic carbocycles. The van der Waals surface area contributed by atoms with Crippen molar-refractivity contribution in [2.75, 3.05) is 19.0 Å². The predicted molar refractivity (Wildman–Crippen MR) is 66.0 cm³/mol. The summed E-state index contributed by atoms with van der Waals surface area (Å²) in [4.78, 5) is 5.84. The Morgan fingerprint density at radius 3 is 2.71 bits per heavy atom. The van der Waals surface area contributed by atoms with E-state index in [0.29, 0.717) is 16.8 Å². The van der Waals surface area contributed by atoms with Crippen LogP contribution in [0.25, 0.3) is 11.5 Å². The highest BCUT2D eigenvalue weighted by Gasteiger charge is 2.15. The molecule has 0 saturated carbocycles. The predicted octanol–water partition coefficient (Wildman–Crippen LogP) is 2.93. The van der Waals surface area contributed by atoms with Gasteiger partial charge >= 0.3 is 0 Å². The zero-order chi connectivity index (χ0) is 12.4. The number of halogens is 1. The molecule has 0 N–H and O–H groups in total. The first-order valence-electron chi connectivity index (χ1n) is 4.96. The van der Waals surface area contributed by atoms with E-state index in [1.807, 2.05) is 18.2 Å². The summed E-state index contributed by atoms with van der Waals surface area (Å²) >= 11 is 5.89. The van der Waals surface area contributed by atoms with Gasteiger partial charge in [0.1, 0.15) is 6.07 Å². The summed E-state index contributed by atoms with van der Waals surface area (Å²) < 4.78 is 5.54. The lowest BCUT2D eigenvalue weighted by molar-refractivity contribution is 0.571. The summed E-state index contributed by atoms with van der Waals surface area (Å²) in [7, 11) is 3.59. The van der Waals surface area contributed by atoms with Crippen molar-refractivity contribution in [3.05, 3.63) is 35.0 Å². The molecule has 2 rings (SSSR count). The average molecular weight is 248 g/mol. The van der Waals surface area contributed by atoms with E-state index in [1.54, 1.807) is 31.1 Å². The minimum Gasteiger partial charge on any atom is -0.419 e. The number of nitriles is 1. The highest BCUT2D eigenvalue weighted by molar-refractivity contribution is 6.30. The van der Waals surface area contributed by atoms with Crippen LogP contribution in [-0.4, -0.2) is 19.1 Å². The molecule has 5 heteroatoms. The number of oxazole rings is 1. The zero-order valence-electron chi connectivity index (χ0n) is 9.44. The zero-order valence-corrected chi connectivity index (χ0v) is 10.2. The van der Waals surface area contributed by atoms with Gasteiger partial charge in [-0.3, -0.25) is 0 Å². The van der Waals surface area contributed by atoms with Gasteiger partial charge in [-0.15, -0.1) is 0 Å². The second-order valence-electron chi connectivity index (χ2n) is 3.69. The number of anilines is 1. The largest absolute Gasteiger partial charge is 0.419 e. The van der Waals surface area contributed by atoms with Crippen molar-refractivity contribution in [2.45, 2.75) is 0 Å². The molecule has 0 spiro atoms. The monoisotopic (exact) mass is 247 g/mol. The molecule has 0 aliphatic heterocycles. The lowest BCUT2D eigenvalue weighted by Gasteiger charge is -2.06. The maximum Gasteiger partial charge on any atom is 0.234 e. The molecule has 0 atom stereocenters. The molecule has 86 valence electrons. The molecule has 1 aromatic carbocycles. The van der Waals surface area contributed by atoms with E-state index in [9.17, 15) is 0 Å². The number of nitrogens with zero attached hydrogens (tertiary/aromatic N) is 3.